The summed E-state index contributed by atoms with van der Waals surface area (Å²) in [6.45, 7) is 5.09. The first-order valence-corrected chi connectivity index (χ1v) is 4.76. The molecule has 0 bridgehead atoms. The number of para-hydroxylation sites is 1. The summed E-state index contributed by atoms with van der Waals surface area (Å²) in [4.78, 5) is 10.3. The number of halogens is 1. The van der Waals surface area contributed by atoms with Crippen LogP contribution >= 0.6 is 11.6 Å². The van der Waals surface area contributed by atoms with E-state index < -0.39 is 4.87 Å². The molecule has 0 saturated heterocycles. The topological polar surface area (TPSA) is 26.3 Å². The van der Waals surface area contributed by atoms with Gasteiger partial charge in [0.25, 0.3) is 0 Å². The summed E-state index contributed by atoms with van der Waals surface area (Å²) in [5.41, 5.74) is 0.817. The van der Waals surface area contributed by atoms with Gasteiger partial charge in [0.2, 0.25) is 0 Å². The van der Waals surface area contributed by atoms with Crippen LogP contribution < -0.4 is 4.74 Å². The molecule has 0 fully saturated rings. The Morgan fingerprint density at radius 2 is 1.93 bits per heavy atom. The molecule has 0 spiro atoms. The van der Waals surface area contributed by atoms with Crippen LogP contribution in [0.25, 0.3) is 0 Å². The van der Waals surface area contributed by atoms with E-state index >= 15 is 0 Å². The van der Waals surface area contributed by atoms with E-state index in [1.54, 1.807) is 6.07 Å². The largest absolute Gasteiger partial charge is 0.426 e. The summed E-state index contributed by atoms with van der Waals surface area (Å²) in [6, 6.07) is 7.27. The van der Waals surface area contributed by atoms with Gasteiger partial charge in [-0.25, -0.2) is 0 Å². The van der Waals surface area contributed by atoms with Gasteiger partial charge in [-0.2, -0.15) is 0 Å². The van der Waals surface area contributed by atoms with Crippen molar-refractivity contribution in [1.82, 2.24) is 0 Å². The van der Waals surface area contributed by atoms with Gasteiger partial charge in [-0.3, -0.25) is 4.79 Å². The summed E-state index contributed by atoms with van der Waals surface area (Å²) in [6.07, 6.45) is 0. The van der Waals surface area contributed by atoms with Crippen LogP contribution in [-0.4, -0.2) is 5.97 Å². The van der Waals surface area contributed by atoms with Crippen molar-refractivity contribution in [2.45, 2.75) is 25.6 Å². The summed E-state index contributed by atoms with van der Waals surface area (Å²) >= 11 is 6.16. The molecule has 76 valence electrons. The van der Waals surface area contributed by atoms with E-state index in [2.05, 4.69) is 0 Å². The van der Waals surface area contributed by atoms with Crippen molar-refractivity contribution in [2.24, 2.45) is 0 Å². The molecule has 0 heterocycles. The molecule has 0 saturated carbocycles. The number of hydrogen-bond donors (Lipinski definition) is 0. The van der Waals surface area contributed by atoms with Crippen molar-refractivity contribution in [3.05, 3.63) is 29.8 Å². The minimum atomic E-state index is -0.536. The minimum absolute atomic E-state index is 0.335. The second-order valence-electron chi connectivity index (χ2n) is 3.56. The van der Waals surface area contributed by atoms with Gasteiger partial charge in [0.05, 0.1) is 4.87 Å². The van der Waals surface area contributed by atoms with Gasteiger partial charge in [0, 0.05) is 12.5 Å². The maximum Gasteiger partial charge on any atom is 0.308 e. The second kappa shape index (κ2) is 4.01. The van der Waals surface area contributed by atoms with Crippen LogP contribution in [0, 0.1) is 0 Å². The maximum atomic E-state index is 10.8. The van der Waals surface area contributed by atoms with E-state index in [0.717, 1.165) is 5.56 Å². The smallest absolute Gasteiger partial charge is 0.308 e. The molecule has 0 aliphatic heterocycles. The van der Waals surface area contributed by atoms with Crippen LogP contribution in [-0.2, 0) is 9.67 Å². The molecule has 2 nitrogen and oxygen atoms in total. The Balaban J connectivity index is 3.10. The zero-order valence-corrected chi connectivity index (χ0v) is 9.26. The third kappa shape index (κ3) is 2.74. The third-order valence-electron chi connectivity index (χ3n) is 1.78. The SMILES string of the molecule is CC(=O)Oc1ccccc1C(C)(C)Cl. The second-order valence-corrected chi connectivity index (χ2v) is 4.51. The van der Waals surface area contributed by atoms with Crippen molar-refractivity contribution in [1.29, 1.82) is 0 Å². The Kier molecular flexibility index (Phi) is 3.17. The fourth-order valence-electron chi connectivity index (χ4n) is 1.20. The highest BCUT2D eigenvalue weighted by molar-refractivity contribution is 6.23. The number of ether oxygens (including phenoxy) is 1. The average molecular weight is 213 g/mol. The van der Waals surface area contributed by atoms with Crippen molar-refractivity contribution in [3.8, 4) is 5.75 Å². The number of hydrogen-bond acceptors (Lipinski definition) is 2. The van der Waals surface area contributed by atoms with Crippen LogP contribution in [0.3, 0.4) is 0 Å². The van der Waals surface area contributed by atoms with E-state index in [1.165, 1.54) is 6.92 Å². The predicted molar refractivity (Wildman–Crippen MR) is 56.6 cm³/mol. The first-order valence-electron chi connectivity index (χ1n) is 4.38. The lowest BCUT2D eigenvalue weighted by Gasteiger charge is -2.19. The zero-order chi connectivity index (χ0) is 10.8. The lowest BCUT2D eigenvalue weighted by Crippen LogP contribution is -2.12. The monoisotopic (exact) mass is 212 g/mol. The lowest BCUT2D eigenvalue weighted by molar-refractivity contribution is -0.131. The average Bonchev–Trinajstić information content (AvgIpc) is 2.01. The first kappa shape index (κ1) is 11.1. The summed E-state index contributed by atoms with van der Waals surface area (Å²) in [7, 11) is 0. The van der Waals surface area contributed by atoms with E-state index in [9.17, 15) is 4.79 Å². The Hall–Kier alpha value is -1.02. The Morgan fingerprint density at radius 1 is 1.36 bits per heavy atom. The molecule has 0 aliphatic carbocycles. The standard InChI is InChI=1S/C11H13ClO2/c1-8(13)14-10-7-5-4-6-9(10)11(2,3)12/h4-7H,1-3H3. The van der Waals surface area contributed by atoms with Crippen molar-refractivity contribution in [3.63, 3.8) is 0 Å². The number of carbonyl (C=O) groups is 1. The molecule has 0 amide bonds. The molecule has 14 heavy (non-hydrogen) atoms. The molecular formula is C11H13ClO2. The third-order valence-corrected chi connectivity index (χ3v) is 1.98. The Morgan fingerprint density at radius 3 is 2.43 bits per heavy atom. The molecule has 1 aromatic rings. The van der Waals surface area contributed by atoms with Crippen molar-refractivity contribution >= 4 is 17.6 Å². The van der Waals surface area contributed by atoms with Gasteiger partial charge in [-0.05, 0) is 19.9 Å². The van der Waals surface area contributed by atoms with Gasteiger partial charge in [-0.15, -0.1) is 11.6 Å². The molecule has 0 radical (unpaired) electrons. The molecule has 0 unspecified atom stereocenters. The minimum Gasteiger partial charge on any atom is -0.426 e. The Bertz CT molecular complexity index is 339. The fraction of sp³-hybridized carbons (Fsp3) is 0.364. The molecule has 3 heteroatoms. The lowest BCUT2D eigenvalue weighted by atomic mass is 10.0. The number of carbonyl (C=O) groups excluding carboxylic acids is 1. The van der Waals surface area contributed by atoms with Crippen molar-refractivity contribution < 1.29 is 9.53 Å². The quantitative estimate of drug-likeness (QED) is 0.428. The number of rotatable bonds is 2. The highest BCUT2D eigenvalue weighted by Crippen LogP contribution is 2.34. The van der Waals surface area contributed by atoms with Crippen molar-refractivity contribution in [2.75, 3.05) is 0 Å². The van der Waals surface area contributed by atoms with E-state index in [-0.39, 0.29) is 5.97 Å². The van der Waals surface area contributed by atoms with E-state index in [4.69, 9.17) is 16.3 Å². The van der Waals surface area contributed by atoms with Crippen LogP contribution in [0.2, 0.25) is 0 Å². The molecule has 1 aromatic carbocycles. The van der Waals surface area contributed by atoms with Gasteiger partial charge >= 0.3 is 5.97 Å². The van der Waals surface area contributed by atoms with Gasteiger partial charge < -0.3 is 4.74 Å². The van der Waals surface area contributed by atoms with Crippen LogP contribution in [0.5, 0.6) is 5.75 Å². The highest BCUT2D eigenvalue weighted by Gasteiger charge is 2.21. The summed E-state index contributed by atoms with van der Waals surface area (Å²) < 4.78 is 5.05. The first-order chi connectivity index (χ1) is 6.41. The fourth-order valence-corrected chi connectivity index (χ4v) is 1.36. The molecule has 0 aromatic heterocycles. The molecule has 0 atom stereocenters. The van der Waals surface area contributed by atoms with E-state index in [0.29, 0.717) is 5.75 Å². The van der Waals surface area contributed by atoms with Gasteiger partial charge in [0.15, 0.2) is 0 Å². The molecule has 0 N–H and O–H groups in total. The zero-order valence-electron chi connectivity index (χ0n) is 8.50. The summed E-state index contributed by atoms with van der Waals surface area (Å²) in [5, 5.41) is 0. The predicted octanol–water partition coefficient (Wildman–Crippen LogP) is 3.09. The van der Waals surface area contributed by atoms with Crippen LogP contribution in [0.15, 0.2) is 24.3 Å². The summed E-state index contributed by atoms with van der Waals surface area (Å²) in [5.74, 6) is 0.193. The van der Waals surface area contributed by atoms with Gasteiger partial charge in [-0.1, -0.05) is 18.2 Å². The van der Waals surface area contributed by atoms with Gasteiger partial charge in [0.1, 0.15) is 5.75 Å². The van der Waals surface area contributed by atoms with E-state index in [1.807, 2.05) is 32.0 Å². The maximum absolute atomic E-state index is 10.8. The molecule has 1 rings (SSSR count). The number of benzene rings is 1. The van der Waals surface area contributed by atoms with Crippen LogP contribution in [0.1, 0.15) is 26.3 Å². The molecule has 0 aliphatic rings. The normalized spacial score (nSPS) is 11.1. The van der Waals surface area contributed by atoms with Crippen LogP contribution in [0.4, 0.5) is 0 Å². The highest BCUT2D eigenvalue weighted by atomic mass is 35.5. The Labute approximate surface area is 88.8 Å². The molecular weight excluding hydrogens is 200 g/mol. The number of alkyl halides is 1. The number of esters is 1.